The Kier molecular flexibility index (Phi) is 5.19. The van der Waals surface area contributed by atoms with Gasteiger partial charge in [-0.25, -0.2) is 4.39 Å². The van der Waals surface area contributed by atoms with E-state index in [9.17, 15) is 9.18 Å². The maximum Gasteiger partial charge on any atom is 0.254 e. The van der Waals surface area contributed by atoms with Crippen LogP contribution in [0.3, 0.4) is 0 Å². The lowest BCUT2D eigenvalue weighted by atomic mass is 10.1. The molecule has 1 saturated heterocycles. The lowest BCUT2D eigenvalue weighted by molar-refractivity contribution is -0.0228. The van der Waals surface area contributed by atoms with E-state index in [0.717, 1.165) is 5.56 Å². The van der Waals surface area contributed by atoms with Gasteiger partial charge in [0.2, 0.25) is 0 Å². The number of ether oxygens (including phenoxy) is 3. The fourth-order valence-electron chi connectivity index (χ4n) is 2.83. The van der Waals surface area contributed by atoms with Gasteiger partial charge in [0.1, 0.15) is 23.4 Å². The minimum atomic E-state index is -0.295. The van der Waals surface area contributed by atoms with Gasteiger partial charge in [-0.2, -0.15) is 0 Å². The smallest absolute Gasteiger partial charge is 0.254 e. The van der Waals surface area contributed by atoms with Gasteiger partial charge in [-0.05, 0) is 29.8 Å². The quantitative estimate of drug-likeness (QED) is 0.855. The first-order valence-electron chi connectivity index (χ1n) is 8.00. The molecule has 0 spiro atoms. The van der Waals surface area contributed by atoms with Crippen molar-refractivity contribution in [2.75, 3.05) is 33.9 Å². The van der Waals surface area contributed by atoms with Gasteiger partial charge >= 0.3 is 0 Å². The maximum atomic E-state index is 13.1. The third-order valence-corrected chi connectivity index (χ3v) is 4.19. The minimum Gasteiger partial charge on any atom is -0.497 e. The van der Waals surface area contributed by atoms with Gasteiger partial charge in [0.25, 0.3) is 5.91 Å². The fourth-order valence-corrected chi connectivity index (χ4v) is 2.83. The number of carbonyl (C=O) groups excluding carboxylic acids is 1. The highest BCUT2D eigenvalue weighted by Crippen LogP contribution is 2.26. The van der Waals surface area contributed by atoms with Crippen molar-refractivity contribution in [3.8, 4) is 11.5 Å². The van der Waals surface area contributed by atoms with Crippen molar-refractivity contribution in [3.05, 3.63) is 59.4 Å². The Hall–Kier alpha value is -2.60. The predicted octanol–water partition coefficient (Wildman–Crippen LogP) is 3.06. The Labute approximate surface area is 145 Å². The summed E-state index contributed by atoms with van der Waals surface area (Å²) in [6, 6.07) is 11.3. The Bertz CT molecular complexity index is 725. The Balaban J connectivity index is 1.79. The minimum absolute atomic E-state index is 0.118. The number of amides is 1. The molecule has 25 heavy (non-hydrogen) atoms. The number of hydrogen-bond donors (Lipinski definition) is 0. The average Bonchev–Trinajstić information content (AvgIpc) is 2.67. The zero-order valence-corrected chi connectivity index (χ0v) is 14.2. The molecule has 1 heterocycles. The molecule has 5 nitrogen and oxygen atoms in total. The van der Waals surface area contributed by atoms with Crippen LogP contribution in [0.1, 0.15) is 22.0 Å². The molecular formula is C19H20FNO4. The number of methoxy groups -OCH3 is 2. The number of morpholine rings is 1. The van der Waals surface area contributed by atoms with E-state index in [2.05, 4.69) is 0 Å². The summed E-state index contributed by atoms with van der Waals surface area (Å²) in [7, 11) is 3.09. The molecule has 0 saturated carbocycles. The van der Waals surface area contributed by atoms with E-state index in [1.165, 1.54) is 12.1 Å². The molecule has 2 aromatic carbocycles. The average molecular weight is 345 g/mol. The monoisotopic (exact) mass is 345 g/mol. The van der Waals surface area contributed by atoms with E-state index in [4.69, 9.17) is 14.2 Å². The standard InChI is InChI=1S/C19H20FNO4/c1-23-16-9-14(10-17(11-16)24-2)19(22)21-7-8-25-18(12-21)13-3-5-15(20)6-4-13/h3-6,9-11,18H,7-8,12H2,1-2H3. The second-order valence-corrected chi connectivity index (χ2v) is 5.76. The molecule has 0 aliphatic carbocycles. The number of nitrogens with zero attached hydrogens (tertiary/aromatic N) is 1. The van der Waals surface area contributed by atoms with Crippen LogP contribution in [-0.4, -0.2) is 44.7 Å². The van der Waals surface area contributed by atoms with Crippen LogP contribution in [0.15, 0.2) is 42.5 Å². The largest absolute Gasteiger partial charge is 0.497 e. The number of halogens is 1. The second-order valence-electron chi connectivity index (χ2n) is 5.76. The van der Waals surface area contributed by atoms with Gasteiger partial charge in [0.05, 0.1) is 27.4 Å². The van der Waals surface area contributed by atoms with Gasteiger partial charge in [-0.1, -0.05) is 12.1 Å². The van der Waals surface area contributed by atoms with Gasteiger partial charge in [-0.15, -0.1) is 0 Å². The molecule has 0 radical (unpaired) electrons. The summed E-state index contributed by atoms with van der Waals surface area (Å²) in [5.41, 5.74) is 1.35. The first-order chi connectivity index (χ1) is 12.1. The molecule has 1 aliphatic rings. The SMILES string of the molecule is COc1cc(OC)cc(C(=O)N2CCOC(c3ccc(F)cc3)C2)c1. The highest BCUT2D eigenvalue weighted by Gasteiger charge is 2.26. The molecule has 1 amide bonds. The van der Waals surface area contributed by atoms with Crippen molar-refractivity contribution in [1.82, 2.24) is 4.90 Å². The summed E-state index contributed by atoms with van der Waals surface area (Å²) in [6.07, 6.45) is -0.272. The maximum absolute atomic E-state index is 13.1. The Morgan fingerprint density at radius 1 is 1.12 bits per heavy atom. The van der Waals surface area contributed by atoms with Crippen molar-refractivity contribution in [3.63, 3.8) is 0 Å². The van der Waals surface area contributed by atoms with Crippen molar-refractivity contribution < 1.29 is 23.4 Å². The van der Waals surface area contributed by atoms with Gasteiger partial charge < -0.3 is 19.1 Å². The fraction of sp³-hybridized carbons (Fsp3) is 0.316. The van der Waals surface area contributed by atoms with Crippen LogP contribution < -0.4 is 9.47 Å². The number of benzene rings is 2. The number of hydrogen-bond acceptors (Lipinski definition) is 4. The van der Waals surface area contributed by atoms with E-state index in [1.807, 2.05) is 0 Å². The molecular weight excluding hydrogens is 325 g/mol. The zero-order valence-electron chi connectivity index (χ0n) is 14.2. The van der Waals surface area contributed by atoms with E-state index in [1.54, 1.807) is 49.5 Å². The van der Waals surface area contributed by atoms with Crippen LogP contribution in [0.4, 0.5) is 4.39 Å². The van der Waals surface area contributed by atoms with Crippen molar-refractivity contribution in [1.29, 1.82) is 0 Å². The summed E-state index contributed by atoms with van der Waals surface area (Å²) in [6.45, 7) is 1.33. The van der Waals surface area contributed by atoms with Crippen LogP contribution in [-0.2, 0) is 4.74 Å². The number of rotatable bonds is 4. The molecule has 3 rings (SSSR count). The van der Waals surface area contributed by atoms with E-state index < -0.39 is 0 Å². The summed E-state index contributed by atoms with van der Waals surface area (Å²) < 4.78 is 29.3. The molecule has 0 aromatic heterocycles. The molecule has 1 unspecified atom stereocenters. The van der Waals surface area contributed by atoms with Crippen LogP contribution in [0.5, 0.6) is 11.5 Å². The topological polar surface area (TPSA) is 48.0 Å². The van der Waals surface area contributed by atoms with Crippen LogP contribution in [0.25, 0.3) is 0 Å². The third-order valence-electron chi connectivity index (χ3n) is 4.19. The summed E-state index contributed by atoms with van der Waals surface area (Å²) >= 11 is 0. The van der Waals surface area contributed by atoms with E-state index in [-0.39, 0.29) is 17.8 Å². The molecule has 6 heteroatoms. The highest BCUT2D eigenvalue weighted by molar-refractivity contribution is 5.95. The lowest BCUT2D eigenvalue weighted by Crippen LogP contribution is -2.42. The van der Waals surface area contributed by atoms with Crippen LogP contribution in [0.2, 0.25) is 0 Å². The zero-order chi connectivity index (χ0) is 17.8. The van der Waals surface area contributed by atoms with Gasteiger partial charge in [0.15, 0.2) is 0 Å². The molecule has 2 aromatic rings. The predicted molar refractivity (Wildman–Crippen MR) is 90.5 cm³/mol. The second kappa shape index (κ2) is 7.53. The van der Waals surface area contributed by atoms with Gasteiger partial charge in [0, 0.05) is 18.2 Å². The van der Waals surface area contributed by atoms with Crippen molar-refractivity contribution >= 4 is 5.91 Å². The Morgan fingerprint density at radius 2 is 1.76 bits per heavy atom. The summed E-state index contributed by atoms with van der Waals surface area (Å²) in [5.74, 6) is 0.709. The molecule has 1 atom stereocenters. The first kappa shape index (κ1) is 17.2. The highest BCUT2D eigenvalue weighted by atomic mass is 19.1. The van der Waals surface area contributed by atoms with E-state index in [0.29, 0.717) is 36.8 Å². The normalized spacial score (nSPS) is 17.2. The van der Waals surface area contributed by atoms with Crippen molar-refractivity contribution in [2.45, 2.75) is 6.10 Å². The van der Waals surface area contributed by atoms with Crippen molar-refractivity contribution in [2.24, 2.45) is 0 Å². The molecule has 0 N–H and O–H groups in total. The lowest BCUT2D eigenvalue weighted by Gasteiger charge is -2.33. The van der Waals surface area contributed by atoms with Gasteiger partial charge in [-0.3, -0.25) is 4.79 Å². The first-order valence-corrected chi connectivity index (χ1v) is 8.00. The molecule has 132 valence electrons. The summed E-state index contributed by atoms with van der Waals surface area (Å²) in [4.78, 5) is 14.6. The molecule has 1 aliphatic heterocycles. The van der Waals surface area contributed by atoms with Crippen LogP contribution in [0, 0.1) is 5.82 Å². The number of carbonyl (C=O) groups is 1. The van der Waals surface area contributed by atoms with Crippen LogP contribution >= 0.6 is 0 Å². The molecule has 1 fully saturated rings. The summed E-state index contributed by atoms with van der Waals surface area (Å²) in [5, 5.41) is 0. The third kappa shape index (κ3) is 3.91. The Morgan fingerprint density at radius 3 is 2.36 bits per heavy atom. The molecule has 0 bridgehead atoms. The van der Waals surface area contributed by atoms with E-state index >= 15 is 0 Å².